The molecule has 0 bridgehead atoms. The van der Waals surface area contributed by atoms with Gasteiger partial charge < -0.3 is 15.8 Å². The van der Waals surface area contributed by atoms with Crippen molar-refractivity contribution in [3.63, 3.8) is 0 Å². The van der Waals surface area contributed by atoms with Gasteiger partial charge in [0.2, 0.25) is 5.91 Å². The third-order valence-electron chi connectivity index (χ3n) is 4.26. The summed E-state index contributed by atoms with van der Waals surface area (Å²) in [4.78, 5) is 11.7. The van der Waals surface area contributed by atoms with Gasteiger partial charge >= 0.3 is 0 Å². The molecular weight excluding hydrogens is 252 g/mol. The van der Waals surface area contributed by atoms with E-state index in [0.29, 0.717) is 25.7 Å². The Kier molecular flexibility index (Phi) is 5.15. The molecule has 1 heterocycles. The molecule has 0 saturated carbocycles. The number of rotatable bonds is 6. The molecule has 0 radical (unpaired) electrons. The monoisotopic (exact) mass is 276 g/mol. The summed E-state index contributed by atoms with van der Waals surface area (Å²) >= 11 is 0. The number of hydrogen-bond acceptors (Lipinski definition) is 3. The normalized spacial score (nSPS) is 19.4. The molecule has 1 aromatic rings. The number of amides is 1. The molecule has 4 heteroatoms. The van der Waals surface area contributed by atoms with E-state index in [1.807, 2.05) is 6.07 Å². The van der Waals surface area contributed by atoms with Crippen molar-refractivity contribution in [2.45, 2.75) is 25.7 Å². The molecule has 0 unspecified atom stereocenters. The molecule has 1 aromatic carbocycles. The number of benzene rings is 1. The largest absolute Gasteiger partial charge is 0.381 e. The first-order chi connectivity index (χ1) is 9.64. The molecular formula is C16H24N2O2. The van der Waals surface area contributed by atoms with Crippen molar-refractivity contribution < 1.29 is 9.53 Å². The highest BCUT2D eigenvalue weighted by atomic mass is 16.5. The van der Waals surface area contributed by atoms with Crippen molar-refractivity contribution in [2.24, 2.45) is 11.1 Å². The van der Waals surface area contributed by atoms with Crippen molar-refractivity contribution in [3.8, 4) is 0 Å². The van der Waals surface area contributed by atoms with Crippen LogP contribution in [0.1, 0.15) is 31.2 Å². The summed E-state index contributed by atoms with van der Waals surface area (Å²) in [7, 11) is 0. The molecule has 1 saturated heterocycles. The van der Waals surface area contributed by atoms with Gasteiger partial charge in [0.1, 0.15) is 0 Å². The molecule has 1 fully saturated rings. The lowest BCUT2D eigenvalue weighted by atomic mass is 9.79. The van der Waals surface area contributed by atoms with Crippen LogP contribution in [0.3, 0.4) is 0 Å². The first-order valence-electron chi connectivity index (χ1n) is 7.27. The zero-order valence-corrected chi connectivity index (χ0v) is 12.1. The van der Waals surface area contributed by atoms with Crippen LogP contribution in [-0.2, 0) is 9.53 Å². The van der Waals surface area contributed by atoms with Gasteiger partial charge in [-0.15, -0.1) is 0 Å². The van der Waals surface area contributed by atoms with Gasteiger partial charge in [-0.05, 0) is 24.3 Å². The van der Waals surface area contributed by atoms with Crippen LogP contribution >= 0.6 is 0 Å². The molecule has 0 aromatic heterocycles. The second-order valence-electron chi connectivity index (χ2n) is 5.70. The Bertz CT molecular complexity index is 427. The number of nitrogens with one attached hydrogen (secondary N) is 1. The number of primary amides is 1. The highest BCUT2D eigenvalue weighted by molar-refractivity contribution is 5.81. The van der Waals surface area contributed by atoms with Crippen LogP contribution in [0.5, 0.6) is 0 Å². The fourth-order valence-electron chi connectivity index (χ4n) is 2.70. The number of carbonyl (C=O) groups excluding carboxylic acids is 1. The zero-order chi connectivity index (χ0) is 14.4. The Morgan fingerprint density at radius 3 is 2.60 bits per heavy atom. The van der Waals surface area contributed by atoms with E-state index in [0.717, 1.165) is 19.4 Å². The average molecular weight is 276 g/mol. The van der Waals surface area contributed by atoms with Gasteiger partial charge in [-0.2, -0.15) is 0 Å². The lowest BCUT2D eigenvalue weighted by Gasteiger charge is -2.34. The first-order valence-corrected chi connectivity index (χ1v) is 7.27. The van der Waals surface area contributed by atoms with Gasteiger partial charge in [0, 0.05) is 26.3 Å². The number of carbonyl (C=O) groups is 1. The quantitative estimate of drug-likeness (QED) is 0.830. The topological polar surface area (TPSA) is 64.3 Å². The molecule has 0 aliphatic carbocycles. The fraction of sp³-hybridized carbons (Fsp3) is 0.562. The molecule has 4 nitrogen and oxygen atoms in total. The maximum absolute atomic E-state index is 11.7. The third kappa shape index (κ3) is 3.58. The van der Waals surface area contributed by atoms with Crippen LogP contribution in [0.15, 0.2) is 30.3 Å². The average Bonchev–Trinajstić information content (AvgIpc) is 2.49. The van der Waals surface area contributed by atoms with Crippen LogP contribution in [0.4, 0.5) is 0 Å². The first kappa shape index (κ1) is 15.0. The molecule has 110 valence electrons. The standard InChI is InChI=1S/C16H24N2O2/c1-13(14-5-3-2-4-6-14)11-18-12-16(15(17)19)7-9-20-10-8-16/h2-6,13,18H,7-12H2,1H3,(H2,17,19)/t13-/m1/s1. The van der Waals surface area contributed by atoms with E-state index in [2.05, 4.69) is 36.5 Å². The van der Waals surface area contributed by atoms with Crippen LogP contribution in [0.25, 0.3) is 0 Å². The van der Waals surface area contributed by atoms with Crippen LogP contribution in [0.2, 0.25) is 0 Å². The highest BCUT2D eigenvalue weighted by Crippen LogP contribution is 2.29. The van der Waals surface area contributed by atoms with E-state index >= 15 is 0 Å². The van der Waals surface area contributed by atoms with Crippen molar-refractivity contribution in [1.82, 2.24) is 5.32 Å². The maximum Gasteiger partial charge on any atom is 0.225 e. The number of ether oxygens (including phenoxy) is 1. The minimum Gasteiger partial charge on any atom is -0.381 e. The van der Waals surface area contributed by atoms with Crippen molar-refractivity contribution in [1.29, 1.82) is 0 Å². The molecule has 1 atom stereocenters. The Morgan fingerprint density at radius 2 is 2.00 bits per heavy atom. The second-order valence-corrected chi connectivity index (χ2v) is 5.70. The number of hydrogen-bond donors (Lipinski definition) is 2. The van der Waals surface area contributed by atoms with Gasteiger partial charge in [-0.25, -0.2) is 0 Å². The van der Waals surface area contributed by atoms with Gasteiger partial charge in [-0.3, -0.25) is 4.79 Å². The Labute approximate surface area is 120 Å². The summed E-state index contributed by atoms with van der Waals surface area (Å²) < 4.78 is 5.34. The molecule has 1 amide bonds. The van der Waals surface area contributed by atoms with E-state index in [9.17, 15) is 4.79 Å². The highest BCUT2D eigenvalue weighted by Gasteiger charge is 2.38. The summed E-state index contributed by atoms with van der Waals surface area (Å²) in [5.41, 5.74) is 6.47. The molecule has 2 rings (SSSR count). The Balaban J connectivity index is 1.86. The van der Waals surface area contributed by atoms with Gasteiger partial charge in [0.25, 0.3) is 0 Å². The smallest absolute Gasteiger partial charge is 0.225 e. The zero-order valence-electron chi connectivity index (χ0n) is 12.1. The van der Waals surface area contributed by atoms with Crippen LogP contribution < -0.4 is 11.1 Å². The third-order valence-corrected chi connectivity index (χ3v) is 4.26. The molecule has 1 aliphatic rings. The predicted molar refractivity (Wildman–Crippen MR) is 79.4 cm³/mol. The van der Waals surface area contributed by atoms with Crippen LogP contribution in [0, 0.1) is 5.41 Å². The number of nitrogens with two attached hydrogens (primary N) is 1. The second kappa shape index (κ2) is 6.86. The van der Waals surface area contributed by atoms with Crippen molar-refractivity contribution in [2.75, 3.05) is 26.3 Å². The SMILES string of the molecule is C[C@H](CNCC1(C(N)=O)CCOCC1)c1ccccc1. The van der Waals surface area contributed by atoms with Crippen molar-refractivity contribution >= 4 is 5.91 Å². The lowest BCUT2D eigenvalue weighted by molar-refractivity contribution is -0.132. The molecule has 1 aliphatic heterocycles. The van der Waals surface area contributed by atoms with E-state index in [4.69, 9.17) is 10.5 Å². The lowest BCUT2D eigenvalue weighted by Crippen LogP contribution is -2.48. The van der Waals surface area contributed by atoms with Crippen molar-refractivity contribution in [3.05, 3.63) is 35.9 Å². The van der Waals surface area contributed by atoms with Gasteiger partial charge in [-0.1, -0.05) is 37.3 Å². The molecule has 3 N–H and O–H groups in total. The van der Waals surface area contributed by atoms with E-state index < -0.39 is 5.41 Å². The van der Waals surface area contributed by atoms with Gasteiger partial charge in [0.15, 0.2) is 0 Å². The summed E-state index contributed by atoms with van der Waals surface area (Å²) in [5, 5.41) is 3.42. The Morgan fingerprint density at radius 1 is 1.35 bits per heavy atom. The minimum absolute atomic E-state index is 0.208. The molecule has 20 heavy (non-hydrogen) atoms. The van der Waals surface area contributed by atoms with E-state index in [1.54, 1.807) is 0 Å². The molecule has 0 spiro atoms. The predicted octanol–water partition coefficient (Wildman–Crippen LogP) is 1.66. The fourth-order valence-corrected chi connectivity index (χ4v) is 2.70. The summed E-state index contributed by atoms with van der Waals surface area (Å²) in [6, 6.07) is 10.4. The van der Waals surface area contributed by atoms with E-state index in [-0.39, 0.29) is 5.91 Å². The van der Waals surface area contributed by atoms with Crippen LogP contribution in [-0.4, -0.2) is 32.2 Å². The summed E-state index contributed by atoms with van der Waals surface area (Å²) in [6.07, 6.45) is 1.43. The summed E-state index contributed by atoms with van der Waals surface area (Å²) in [5.74, 6) is 0.210. The Hall–Kier alpha value is -1.39. The minimum atomic E-state index is -0.436. The van der Waals surface area contributed by atoms with Gasteiger partial charge in [0.05, 0.1) is 5.41 Å². The maximum atomic E-state index is 11.7. The van der Waals surface area contributed by atoms with E-state index in [1.165, 1.54) is 5.56 Å². The summed E-state index contributed by atoms with van der Waals surface area (Å²) in [6.45, 7) is 4.92.